The van der Waals surface area contributed by atoms with Crippen molar-refractivity contribution in [3.8, 4) is 27.6 Å². The molecule has 0 aliphatic carbocycles. The highest BCUT2D eigenvalue weighted by Gasteiger charge is 2.32. The largest absolute Gasteiger partial charge is 0.507 e. The molecule has 0 bridgehead atoms. The van der Waals surface area contributed by atoms with Crippen molar-refractivity contribution in [1.82, 2.24) is 4.98 Å². The van der Waals surface area contributed by atoms with E-state index in [1.807, 2.05) is 0 Å². The first kappa shape index (κ1) is 18.2. The van der Waals surface area contributed by atoms with Gasteiger partial charge in [0.15, 0.2) is 0 Å². The molecule has 3 aromatic rings. The van der Waals surface area contributed by atoms with E-state index in [-0.39, 0.29) is 21.8 Å². The Kier molecular flexibility index (Phi) is 4.43. The van der Waals surface area contributed by atoms with E-state index in [4.69, 9.17) is 0 Å². The lowest BCUT2D eigenvalue weighted by Crippen LogP contribution is -2.04. The zero-order valence-corrected chi connectivity index (χ0v) is 13.5. The Morgan fingerprint density at radius 3 is 2.12 bits per heavy atom. The topological polar surface area (TPSA) is 33.1 Å². The molecule has 1 heterocycles. The van der Waals surface area contributed by atoms with Gasteiger partial charge >= 0.3 is 12.4 Å². The molecule has 1 N–H and O–H groups in total. The van der Waals surface area contributed by atoms with E-state index in [1.165, 1.54) is 17.5 Å². The van der Waals surface area contributed by atoms with Crippen LogP contribution in [0, 0.1) is 0 Å². The fourth-order valence-electron chi connectivity index (χ4n) is 2.28. The smallest absolute Gasteiger partial charge is 0.416 e. The van der Waals surface area contributed by atoms with Gasteiger partial charge in [-0.15, -0.1) is 11.3 Å². The second-order valence-corrected chi connectivity index (χ2v) is 6.20. The summed E-state index contributed by atoms with van der Waals surface area (Å²) in [4.78, 5) is 4.14. The second-order valence-electron chi connectivity index (χ2n) is 5.35. The molecule has 0 unspecified atom stereocenters. The molecular weight excluding hydrogens is 380 g/mol. The van der Waals surface area contributed by atoms with Crippen LogP contribution in [0.25, 0.3) is 21.8 Å². The van der Waals surface area contributed by atoms with Crippen LogP contribution in [0.4, 0.5) is 26.3 Å². The number of aromatic nitrogens is 1. The molecule has 0 saturated heterocycles. The normalized spacial score (nSPS) is 12.4. The molecule has 2 aromatic carbocycles. The van der Waals surface area contributed by atoms with Gasteiger partial charge in [-0.05, 0) is 30.3 Å². The fourth-order valence-corrected chi connectivity index (χ4v) is 3.10. The van der Waals surface area contributed by atoms with Gasteiger partial charge in [0, 0.05) is 16.5 Å². The number of benzene rings is 2. The van der Waals surface area contributed by atoms with Crippen molar-refractivity contribution in [1.29, 1.82) is 0 Å². The maximum atomic E-state index is 12.8. The third kappa shape index (κ3) is 3.67. The summed E-state index contributed by atoms with van der Waals surface area (Å²) in [6.45, 7) is 0. The van der Waals surface area contributed by atoms with Gasteiger partial charge in [0.05, 0.1) is 16.8 Å². The van der Waals surface area contributed by atoms with Gasteiger partial charge in [0.2, 0.25) is 0 Å². The molecule has 136 valence electrons. The number of halogens is 6. The zero-order chi connectivity index (χ0) is 19.1. The monoisotopic (exact) mass is 389 g/mol. The minimum absolute atomic E-state index is 0.0625. The Hall–Kier alpha value is -2.55. The highest BCUT2D eigenvalue weighted by Crippen LogP contribution is 2.38. The molecule has 1 aromatic heterocycles. The van der Waals surface area contributed by atoms with Crippen LogP contribution in [0.1, 0.15) is 11.1 Å². The predicted octanol–water partition coefficient (Wildman–Crippen LogP) is 6.22. The molecule has 0 spiro atoms. The molecule has 0 fully saturated rings. The lowest BCUT2D eigenvalue weighted by molar-refractivity contribution is -0.138. The number of rotatable bonds is 2. The van der Waals surface area contributed by atoms with E-state index >= 15 is 0 Å². The van der Waals surface area contributed by atoms with Gasteiger partial charge < -0.3 is 5.11 Å². The average Bonchev–Trinajstić information content (AvgIpc) is 3.03. The summed E-state index contributed by atoms with van der Waals surface area (Å²) < 4.78 is 76.3. The van der Waals surface area contributed by atoms with Crippen molar-refractivity contribution in [2.75, 3.05) is 0 Å². The van der Waals surface area contributed by atoms with E-state index in [0.717, 1.165) is 35.6 Å². The first-order chi connectivity index (χ1) is 12.1. The molecule has 2 nitrogen and oxygen atoms in total. The minimum Gasteiger partial charge on any atom is -0.507 e. The Morgan fingerprint density at radius 1 is 0.846 bits per heavy atom. The highest BCUT2D eigenvalue weighted by molar-refractivity contribution is 7.13. The van der Waals surface area contributed by atoms with Crippen LogP contribution >= 0.6 is 11.3 Å². The summed E-state index contributed by atoms with van der Waals surface area (Å²) in [6.07, 6.45) is -9.09. The molecule has 0 radical (unpaired) electrons. The van der Waals surface area contributed by atoms with Crippen LogP contribution in [0.2, 0.25) is 0 Å². The van der Waals surface area contributed by atoms with E-state index in [0.29, 0.717) is 6.07 Å². The second kappa shape index (κ2) is 6.31. The number of thiazole rings is 1. The molecule has 9 heteroatoms. The Bertz CT molecular complexity index is 945. The SMILES string of the molecule is Oc1cc(C(F)(F)F)ccc1-c1csc(-c2cccc(C(F)(F)F)c2)n1. The fraction of sp³-hybridized carbons (Fsp3) is 0.118. The van der Waals surface area contributed by atoms with Crippen LogP contribution in [0.5, 0.6) is 5.75 Å². The maximum Gasteiger partial charge on any atom is 0.416 e. The molecule has 26 heavy (non-hydrogen) atoms. The maximum absolute atomic E-state index is 12.8. The summed E-state index contributed by atoms with van der Waals surface area (Å²) in [5, 5.41) is 11.6. The van der Waals surface area contributed by atoms with Crippen molar-refractivity contribution in [3.05, 3.63) is 59.0 Å². The van der Waals surface area contributed by atoms with E-state index < -0.39 is 29.2 Å². The molecule has 3 rings (SSSR count). The third-order valence-corrected chi connectivity index (χ3v) is 4.43. The van der Waals surface area contributed by atoms with Crippen molar-refractivity contribution in [2.45, 2.75) is 12.4 Å². The zero-order valence-electron chi connectivity index (χ0n) is 12.7. The van der Waals surface area contributed by atoms with Gasteiger partial charge in [-0.3, -0.25) is 0 Å². The summed E-state index contributed by atoms with van der Waals surface area (Å²) in [7, 11) is 0. The Morgan fingerprint density at radius 2 is 1.50 bits per heavy atom. The molecule has 0 atom stereocenters. The molecular formula is C17H9F6NOS. The van der Waals surface area contributed by atoms with Crippen LogP contribution in [0.3, 0.4) is 0 Å². The summed E-state index contributed by atoms with van der Waals surface area (Å²) >= 11 is 1.02. The van der Waals surface area contributed by atoms with Crippen LogP contribution in [-0.4, -0.2) is 10.1 Å². The number of nitrogens with zero attached hydrogens (tertiary/aromatic N) is 1. The molecule has 0 aliphatic rings. The standard InChI is InChI=1S/C17H9F6NOS/c18-16(19,20)10-3-1-2-9(6-10)15-24-13(8-26-15)12-5-4-11(7-14(12)25)17(21,22)23/h1-8,25H. The van der Waals surface area contributed by atoms with Gasteiger partial charge in [-0.2, -0.15) is 26.3 Å². The van der Waals surface area contributed by atoms with Crippen LogP contribution in [-0.2, 0) is 12.4 Å². The van der Waals surface area contributed by atoms with Crippen molar-refractivity contribution >= 4 is 11.3 Å². The van der Waals surface area contributed by atoms with E-state index in [9.17, 15) is 31.4 Å². The number of aromatic hydroxyl groups is 1. The lowest BCUT2D eigenvalue weighted by atomic mass is 10.1. The number of alkyl halides is 6. The van der Waals surface area contributed by atoms with Gasteiger partial charge in [0.25, 0.3) is 0 Å². The third-order valence-electron chi connectivity index (χ3n) is 3.54. The molecule has 0 saturated carbocycles. The van der Waals surface area contributed by atoms with Gasteiger partial charge in [0.1, 0.15) is 10.8 Å². The van der Waals surface area contributed by atoms with E-state index in [2.05, 4.69) is 4.98 Å². The van der Waals surface area contributed by atoms with Gasteiger partial charge in [-0.25, -0.2) is 4.98 Å². The summed E-state index contributed by atoms with van der Waals surface area (Å²) in [6, 6.07) is 7.02. The Labute approximate surface area is 147 Å². The predicted molar refractivity (Wildman–Crippen MR) is 84.7 cm³/mol. The average molecular weight is 389 g/mol. The first-order valence-electron chi connectivity index (χ1n) is 7.09. The lowest BCUT2D eigenvalue weighted by Gasteiger charge is -2.09. The quantitative estimate of drug-likeness (QED) is 0.528. The minimum atomic E-state index is -4.60. The molecule has 0 aliphatic heterocycles. The van der Waals surface area contributed by atoms with Gasteiger partial charge in [-0.1, -0.05) is 12.1 Å². The molecule has 0 amide bonds. The van der Waals surface area contributed by atoms with Crippen LogP contribution < -0.4 is 0 Å². The number of hydrogen-bond acceptors (Lipinski definition) is 3. The summed E-state index contributed by atoms with van der Waals surface area (Å²) in [5.74, 6) is -0.610. The summed E-state index contributed by atoms with van der Waals surface area (Å²) in [5.41, 5.74) is -1.38. The Balaban J connectivity index is 1.96. The number of hydrogen-bond donors (Lipinski definition) is 1. The van der Waals surface area contributed by atoms with Crippen molar-refractivity contribution in [2.24, 2.45) is 0 Å². The van der Waals surface area contributed by atoms with Crippen molar-refractivity contribution < 1.29 is 31.4 Å². The van der Waals surface area contributed by atoms with Crippen molar-refractivity contribution in [3.63, 3.8) is 0 Å². The van der Waals surface area contributed by atoms with Crippen LogP contribution in [0.15, 0.2) is 47.8 Å². The number of phenolic OH excluding ortho intramolecular Hbond substituents is 1. The number of phenols is 1. The highest BCUT2D eigenvalue weighted by atomic mass is 32.1. The van der Waals surface area contributed by atoms with E-state index in [1.54, 1.807) is 0 Å². The first-order valence-corrected chi connectivity index (χ1v) is 7.97.